The van der Waals surface area contributed by atoms with Crippen molar-refractivity contribution < 1.29 is 14.3 Å². The number of hydrazone groups is 1. The number of rotatable bonds is 6. The highest BCUT2D eigenvalue weighted by atomic mass is 32.2. The van der Waals surface area contributed by atoms with E-state index in [0.717, 1.165) is 39.7 Å². The molecule has 0 bridgehead atoms. The highest BCUT2D eigenvalue weighted by Gasteiger charge is 2.36. The Balaban J connectivity index is 1.41. The standard InChI is InChI=1S/C27H25N5O3S/c1-16-8-5-6-11-23(16)35-15-24-30-32-25(28)22(26(33)29-27(32)36-24)13-19-12-17(2)31(18(19)3)20-9-7-10-21(14-20)34-4/h5-14,28H,15H2,1-4H3. The predicted molar refractivity (Wildman–Crippen MR) is 143 cm³/mol. The molecule has 3 heterocycles. The topological polar surface area (TPSA) is 92.3 Å². The fourth-order valence-electron chi connectivity index (χ4n) is 4.18. The second-order valence-corrected chi connectivity index (χ2v) is 9.47. The summed E-state index contributed by atoms with van der Waals surface area (Å²) in [6, 6.07) is 17.5. The van der Waals surface area contributed by atoms with Crippen molar-refractivity contribution in [1.82, 2.24) is 9.58 Å². The van der Waals surface area contributed by atoms with Crippen LogP contribution in [0.4, 0.5) is 0 Å². The zero-order valence-corrected chi connectivity index (χ0v) is 21.2. The van der Waals surface area contributed by atoms with Crippen LogP contribution in [0.5, 0.6) is 11.5 Å². The number of amides is 1. The molecule has 2 aromatic carbocycles. The number of aromatic nitrogens is 1. The second-order valence-electron chi connectivity index (χ2n) is 8.43. The fourth-order valence-corrected chi connectivity index (χ4v) is 4.98. The molecule has 36 heavy (non-hydrogen) atoms. The SMILES string of the molecule is COc1cccc(-n2c(C)cc(C=C3C(=N)N4N=C(COc5ccccc5C)SC4=NC3=O)c2C)c1. The normalized spacial score (nSPS) is 16.2. The van der Waals surface area contributed by atoms with Crippen molar-refractivity contribution in [2.75, 3.05) is 13.7 Å². The Kier molecular flexibility index (Phi) is 6.24. The van der Waals surface area contributed by atoms with Crippen LogP contribution in [0.25, 0.3) is 11.8 Å². The highest BCUT2D eigenvalue weighted by molar-refractivity contribution is 8.27. The fraction of sp³-hybridized carbons (Fsp3) is 0.185. The number of aryl methyl sites for hydroxylation is 2. The van der Waals surface area contributed by atoms with E-state index in [4.69, 9.17) is 14.9 Å². The monoisotopic (exact) mass is 499 g/mol. The van der Waals surface area contributed by atoms with E-state index in [1.54, 1.807) is 13.2 Å². The van der Waals surface area contributed by atoms with Crippen molar-refractivity contribution in [3.8, 4) is 17.2 Å². The summed E-state index contributed by atoms with van der Waals surface area (Å²) in [6.07, 6.45) is 1.71. The summed E-state index contributed by atoms with van der Waals surface area (Å²) in [5.41, 5.74) is 4.94. The van der Waals surface area contributed by atoms with Gasteiger partial charge >= 0.3 is 0 Å². The minimum atomic E-state index is -0.457. The summed E-state index contributed by atoms with van der Waals surface area (Å²) in [5.74, 6) is 1.07. The number of para-hydroxylation sites is 1. The van der Waals surface area contributed by atoms with Crippen molar-refractivity contribution in [3.63, 3.8) is 0 Å². The van der Waals surface area contributed by atoms with Crippen LogP contribution in [0.15, 0.2) is 70.3 Å². The maximum atomic E-state index is 12.9. The molecule has 0 saturated heterocycles. The molecule has 0 saturated carbocycles. The quantitative estimate of drug-likeness (QED) is 0.476. The van der Waals surface area contributed by atoms with Crippen molar-refractivity contribution in [2.24, 2.45) is 10.1 Å². The lowest BCUT2D eigenvalue weighted by molar-refractivity contribution is -0.114. The first-order valence-corrected chi connectivity index (χ1v) is 12.2. The molecule has 2 aliphatic rings. The molecule has 0 fully saturated rings. The molecule has 0 atom stereocenters. The molecule has 3 aromatic rings. The van der Waals surface area contributed by atoms with Gasteiger partial charge in [0.15, 0.2) is 5.84 Å². The van der Waals surface area contributed by atoms with Gasteiger partial charge in [-0.3, -0.25) is 10.2 Å². The molecule has 1 N–H and O–H groups in total. The highest BCUT2D eigenvalue weighted by Crippen LogP contribution is 2.31. The Hall–Kier alpha value is -4.11. The van der Waals surface area contributed by atoms with Gasteiger partial charge in [0.2, 0.25) is 5.17 Å². The van der Waals surface area contributed by atoms with E-state index in [9.17, 15) is 4.79 Å². The average molecular weight is 500 g/mol. The lowest BCUT2D eigenvalue weighted by atomic mass is 10.1. The van der Waals surface area contributed by atoms with Crippen LogP contribution in [0, 0.1) is 26.2 Å². The number of methoxy groups -OCH3 is 1. The number of fused-ring (bicyclic) bond motifs is 1. The number of benzene rings is 2. The summed E-state index contributed by atoms with van der Waals surface area (Å²) in [6.45, 7) is 6.19. The third-order valence-electron chi connectivity index (χ3n) is 6.02. The van der Waals surface area contributed by atoms with E-state index in [-0.39, 0.29) is 18.0 Å². The minimum Gasteiger partial charge on any atom is -0.497 e. The van der Waals surface area contributed by atoms with Crippen molar-refractivity contribution in [2.45, 2.75) is 20.8 Å². The molecule has 5 rings (SSSR count). The van der Waals surface area contributed by atoms with Crippen LogP contribution >= 0.6 is 11.8 Å². The molecular weight excluding hydrogens is 474 g/mol. The van der Waals surface area contributed by atoms with Gasteiger partial charge in [-0.1, -0.05) is 24.3 Å². The molecule has 1 amide bonds. The Labute approximate surface area is 213 Å². The van der Waals surface area contributed by atoms with E-state index in [0.29, 0.717) is 10.2 Å². The Morgan fingerprint density at radius 3 is 2.67 bits per heavy atom. The molecule has 0 aliphatic carbocycles. The molecule has 2 aliphatic heterocycles. The van der Waals surface area contributed by atoms with Crippen LogP contribution in [-0.2, 0) is 4.79 Å². The van der Waals surface area contributed by atoms with Crippen molar-refractivity contribution >= 4 is 39.8 Å². The Morgan fingerprint density at radius 2 is 1.89 bits per heavy atom. The third kappa shape index (κ3) is 4.33. The maximum Gasteiger partial charge on any atom is 0.283 e. The number of nitrogens with zero attached hydrogens (tertiary/aromatic N) is 4. The van der Waals surface area contributed by atoms with Gasteiger partial charge in [-0.25, -0.2) is 0 Å². The van der Waals surface area contributed by atoms with Crippen molar-refractivity contribution in [1.29, 1.82) is 5.41 Å². The maximum absolute atomic E-state index is 12.9. The van der Waals surface area contributed by atoms with Gasteiger partial charge in [-0.15, -0.1) is 0 Å². The zero-order chi connectivity index (χ0) is 25.4. The van der Waals surface area contributed by atoms with Crippen LogP contribution in [-0.4, -0.2) is 45.2 Å². The van der Waals surface area contributed by atoms with E-state index in [2.05, 4.69) is 14.7 Å². The number of ether oxygens (including phenoxy) is 2. The molecule has 0 unspecified atom stereocenters. The number of hydrogen-bond donors (Lipinski definition) is 1. The summed E-state index contributed by atoms with van der Waals surface area (Å²) >= 11 is 1.24. The van der Waals surface area contributed by atoms with Crippen LogP contribution in [0.2, 0.25) is 0 Å². The Bertz CT molecular complexity index is 1480. The van der Waals surface area contributed by atoms with Gasteiger partial charge in [0.1, 0.15) is 23.1 Å². The largest absolute Gasteiger partial charge is 0.497 e. The number of nitrogens with one attached hydrogen (secondary N) is 1. The average Bonchev–Trinajstić information content (AvgIpc) is 3.40. The third-order valence-corrected chi connectivity index (χ3v) is 6.90. The molecule has 0 radical (unpaired) electrons. The van der Waals surface area contributed by atoms with Crippen LogP contribution in [0.1, 0.15) is 22.5 Å². The van der Waals surface area contributed by atoms with Gasteiger partial charge in [0, 0.05) is 23.1 Å². The summed E-state index contributed by atoms with van der Waals surface area (Å²) in [5, 5.41) is 15.6. The van der Waals surface area contributed by atoms with E-state index in [1.807, 2.05) is 75.4 Å². The van der Waals surface area contributed by atoms with E-state index < -0.39 is 5.91 Å². The number of amidine groups is 2. The predicted octanol–water partition coefficient (Wildman–Crippen LogP) is 5.11. The number of thioether (sulfide) groups is 1. The number of carbonyl (C=O) groups is 1. The van der Waals surface area contributed by atoms with E-state index >= 15 is 0 Å². The second kappa shape index (κ2) is 9.50. The van der Waals surface area contributed by atoms with E-state index in [1.165, 1.54) is 16.8 Å². The molecule has 0 spiro atoms. The van der Waals surface area contributed by atoms with Gasteiger partial charge < -0.3 is 14.0 Å². The summed E-state index contributed by atoms with van der Waals surface area (Å²) in [4.78, 5) is 17.1. The smallest absolute Gasteiger partial charge is 0.283 e. The molecular formula is C27H25N5O3S. The zero-order valence-electron chi connectivity index (χ0n) is 20.4. The minimum absolute atomic E-state index is 0.00502. The summed E-state index contributed by atoms with van der Waals surface area (Å²) in [7, 11) is 1.64. The van der Waals surface area contributed by atoms with Gasteiger partial charge in [0.05, 0.1) is 12.7 Å². The molecule has 1 aromatic heterocycles. The lowest BCUT2D eigenvalue weighted by Crippen LogP contribution is -2.35. The van der Waals surface area contributed by atoms with Crippen molar-refractivity contribution in [3.05, 3.63) is 82.7 Å². The first-order valence-electron chi connectivity index (χ1n) is 11.4. The number of hydrogen-bond acceptors (Lipinski definition) is 6. The van der Waals surface area contributed by atoms with Gasteiger partial charge in [-0.05, 0) is 74.0 Å². The van der Waals surface area contributed by atoms with Gasteiger partial charge in [0.25, 0.3) is 5.91 Å². The molecule has 9 heteroatoms. The molecule has 8 nitrogen and oxygen atoms in total. The summed E-state index contributed by atoms with van der Waals surface area (Å²) < 4.78 is 13.3. The van der Waals surface area contributed by atoms with Gasteiger partial charge in [-0.2, -0.15) is 15.1 Å². The first kappa shape index (κ1) is 23.6. The van der Waals surface area contributed by atoms with Crippen LogP contribution < -0.4 is 9.47 Å². The lowest BCUT2D eigenvalue weighted by Gasteiger charge is -2.20. The first-order chi connectivity index (χ1) is 17.4. The Morgan fingerprint density at radius 1 is 1.08 bits per heavy atom. The number of carbonyl (C=O) groups excluding carboxylic acids is 1. The number of aliphatic imine (C=N–C) groups is 1. The molecule has 182 valence electrons. The van der Waals surface area contributed by atoms with Crippen LogP contribution in [0.3, 0.4) is 0 Å².